The molecular formula is C18H16AsFO3. The number of halogens is 1. The monoisotopic (exact) mass is 374 g/mol. The van der Waals surface area contributed by atoms with Gasteiger partial charge in [0.2, 0.25) is 0 Å². The Balaban J connectivity index is 2.54. The number of methoxy groups -OCH3 is 1. The van der Waals surface area contributed by atoms with Crippen molar-refractivity contribution in [3.05, 3.63) is 58.9 Å². The summed E-state index contributed by atoms with van der Waals surface area (Å²) in [6, 6.07) is 9.13. The Hall–Kier alpha value is -2.24. The van der Waals surface area contributed by atoms with E-state index in [1.165, 1.54) is 25.3 Å². The molecule has 0 heterocycles. The Bertz CT molecular complexity index is 804. The Morgan fingerprint density at radius 2 is 1.96 bits per heavy atom. The van der Waals surface area contributed by atoms with Gasteiger partial charge in [-0.1, -0.05) is 0 Å². The van der Waals surface area contributed by atoms with Crippen LogP contribution >= 0.6 is 0 Å². The second-order valence-electron chi connectivity index (χ2n) is 5.03. The third-order valence-corrected chi connectivity index (χ3v) is 5.97. The average molecular weight is 374 g/mol. The molecule has 0 aliphatic heterocycles. The van der Waals surface area contributed by atoms with Crippen LogP contribution in [0.25, 0.3) is 0 Å². The summed E-state index contributed by atoms with van der Waals surface area (Å²) in [5.41, 5.74) is 5.50. The average Bonchev–Trinajstić information content (AvgIpc) is 2.52. The molecule has 2 aromatic carbocycles. The molecule has 0 saturated heterocycles. The van der Waals surface area contributed by atoms with Crippen LogP contribution in [0.4, 0.5) is 4.39 Å². The number of rotatable bonds is 2. The van der Waals surface area contributed by atoms with Crippen LogP contribution in [0.5, 0.6) is 5.75 Å². The van der Waals surface area contributed by atoms with Gasteiger partial charge in [0, 0.05) is 0 Å². The molecule has 0 bridgehead atoms. The zero-order chi connectivity index (χ0) is 17.0. The van der Waals surface area contributed by atoms with E-state index in [0.29, 0.717) is 11.1 Å². The van der Waals surface area contributed by atoms with Crippen LogP contribution in [0.1, 0.15) is 21.5 Å². The molecule has 118 valence electrons. The molecule has 0 fully saturated rings. The Morgan fingerprint density at radius 3 is 2.57 bits per heavy atom. The second-order valence-corrected chi connectivity index (χ2v) is 9.80. The van der Waals surface area contributed by atoms with Crippen molar-refractivity contribution in [3.63, 3.8) is 0 Å². The Labute approximate surface area is 139 Å². The number of carbonyl (C=O) groups is 1. The van der Waals surface area contributed by atoms with Gasteiger partial charge in [-0.15, -0.1) is 0 Å². The third-order valence-electron chi connectivity index (χ3n) is 3.17. The number of phenolic OH excluding ortho intramolecular Hbond substituents is 1. The quantitative estimate of drug-likeness (QED) is 0.500. The molecule has 0 radical (unpaired) electrons. The van der Waals surface area contributed by atoms with E-state index in [1.54, 1.807) is 18.2 Å². The SMILES string of the molecule is COC(=O)c1cc(C#Cc2cccc(F)c2)c([As](C)C)cc1O. The van der Waals surface area contributed by atoms with E-state index in [1.807, 2.05) is 0 Å². The topological polar surface area (TPSA) is 46.5 Å². The molecule has 2 rings (SSSR count). The number of carbonyl (C=O) groups excluding carboxylic acids is 1. The predicted octanol–water partition coefficient (Wildman–Crippen LogP) is 2.68. The fourth-order valence-corrected chi connectivity index (χ4v) is 4.09. The van der Waals surface area contributed by atoms with Crippen molar-refractivity contribution in [1.82, 2.24) is 0 Å². The third kappa shape index (κ3) is 4.15. The molecule has 0 aliphatic rings. The van der Waals surface area contributed by atoms with Crippen LogP contribution < -0.4 is 4.35 Å². The van der Waals surface area contributed by atoms with Crippen LogP contribution in [0.3, 0.4) is 0 Å². The van der Waals surface area contributed by atoms with Crippen LogP contribution in [-0.4, -0.2) is 32.8 Å². The first-order chi connectivity index (χ1) is 10.9. The summed E-state index contributed by atoms with van der Waals surface area (Å²) in [6.07, 6.45) is 0. The first-order valence-corrected chi connectivity index (χ1v) is 11.5. The van der Waals surface area contributed by atoms with Crippen LogP contribution in [0, 0.1) is 17.7 Å². The standard InChI is InChI=1S/C18H16AsFO3/c1-19(2)16-11-17(21)15(18(22)23-3)10-13(16)8-7-12-5-4-6-14(20)9-12/h4-6,9-11,21H,1-3H3. The summed E-state index contributed by atoms with van der Waals surface area (Å²) in [5.74, 6) is 4.81. The maximum atomic E-state index is 13.2. The normalized spacial score (nSPS) is 10.1. The van der Waals surface area contributed by atoms with E-state index < -0.39 is 20.6 Å². The summed E-state index contributed by atoms with van der Waals surface area (Å²) < 4.78 is 18.8. The van der Waals surface area contributed by atoms with Crippen LogP contribution in [-0.2, 0) is 4.74 Å². The number of ether oxygens (including phenoxy) is 1. The molecule has 2 aromatic rings. The van der Waals surface area contributed by atoms with E-state index in [9.17, 15) is 14.3 Å². The first kappa shape index (κ1) is 17.1. The van der Waals surface area contributed by atoms with Crippen molar-refractivity contribution in [1.29, 1.82) is 0 Å². The summed E-state index contributed by atoms with van der Waals surface area (Å²) in [7, 11) is 1.26. The number of phenols is 1. The van der Waals surface area contributed by atoms with Crippen molar-refractivity contribution < 1.29 is 19.0 Å². The molecular weight excluding hydrogens is 358 g/mol. The first-order valence-electron chi connectivity index (χ1n) is 6.82. The fraction of sp³-hybridized carbons (Fsp3) is 0.167. The molecule has 0 saturated carbocycles. The van der Waals surface area contributed by atoms with E-state index in [2.05, 4.69) is 28.0 Å². The molecule has 0 atom stereocenters. The zero-order valence-corrected chi connectivity index (χ0v) is 14.9. The maximum absolute atomic E-state index is 13.2. The zero-order valence-electron chi connectivity index (χ0n) is 13.1. The molecule has 1 N–H and O–H groups in total. The molecule has 3 nitrogen and oxygen atoms in total. The van der Waals surface area contributed by atoms with Gasteiger partial charge in [-0.25, -0.2) is 0 Å². The van der Waals surface area contributed by atoms with Crippen LogP contribution in [0.15, 0.2) is 36.4 Å². The number of aromatic hydroxyl groups is 1. The van der Waals surface area contributed by atoms with Gasteiger partial charge >= 0.3 is 139 Å². The van der Waals surface area contributed by atoms with Gasteiger partial charge < -0.3 is 0 Å². The Morgan fingerprint density at radius 1 is 1.22 bits per heavy atom. The van der Waals surface area contributed by atoms with E-state index in [4.69, 9.17) is 0 Å². The summed E-state index contributed by atoms with van der Waals surface area (Å²) in [6.45, 7) is 0. The predicted molar refractivity (Wildman–Crippen MR) is 88.9 cm³/mol. The van der Waals surface area contributed by atoms with Crippen molar-refractivity contribution >= 4 is 25.0 Å². The summed E-state index contributed by atoms with van der Waals surface area (Å²) in [4.78, 5) is 11.7. The summed E-state index contributed by atoms with van der Waals surface area (Å²) in [5, 5.41) is 10.0. The fourth-order valence-electron chi connectivity index (χ4n) is 2.03. The molecule has 0 aliphatic carbocycles. The van der Waals surface area contributed by atoms with Gasteiger partial charge in [0.05, 0.1) is 0 Å². The number of hydrogen-bond donors (Lipinski definition) is 1. The van der Waals surface area contributed by atoms with Gasteiger partial charge in [-0.3, -0.25) is 0 Å². The van der Waals surface area contributed by atoms with Crippen molar-refractivity contribution in [2.24, 2.45) is 0 Å². The molecule has 0 unspecified atom stereocenters. The van der Waals surface area contributed by atoms with Gasteiger partial charge in [-0.05, 0) is 0 Å². The number of benzene rings is 2. The number of hydrogen-bond acceptors (Lipinski definition) is 3. The van der Waals surface area contributed by atoms with Gasteiger partial charge in [0.25, 0.3) is 0 Å². The minimum absolute atomic E-state index is 0.0793. The van der Waals surface area contributed by atoms with Crippen molar-refractivity contribution in [2.75, 3.05) is 7.11 Å². The molecule has 0 amide bonds. The molecule has 0 spiro atoms. The second kappa shape index (κ2) is 7.35. The van der Waals surface area contributed by atoms with E-state index in [-0.39, 0.29) is 17.1 Å². The van der Waals surface area contributed by atoms with Crippen molar-refractivity contribution in [3.8, 4) is 17.6 Å². The minimum atomic E-state index is -1.35. The van der Waals surface area contributed by atoms with Gasteiger partial charge in [-0.2, -0.15) is 0 Å². The van der Waals surface area contributed by atoms with Gasteiger partial charge in [0.1, 0.15) is 0 Å². The van der Waals surface area contributed by atoms with E-state index >= 15 is 0 Å². The molecule has 5 heteroatoms. The molecule has 23 heavy (non-hydrogen) atoms. The van der Waals surface area contributed by atoms with Crippen molar-refractivity contribution in [2.45, 2.75) is 11.4 Å². The summed E-state index contributed by atoms with van der Waals surface area (Å²) >= 11 is -1.35. The van der Waals surface area contributed by atoms with E-state index in [0.717, 1.165) is 4.35 Å². The number of esters is 1. The molecule has 0 aromatic heterocycles. The Kier molecular flexibility index (Phi) is 5.47. The van der Waals surface area contributed by atoms with Gasteiger partial charge in [0.15, 0.2) is 0 Å². The van der Waals surface area contributed by atoms with Crippen LogP contribution in [0.2, 0.25) is 11.4 Å².